The lowest BCUT2D eigenvalue weighted by Gasteiger charge is -2.27. The van der Waals surface area contributed by atoms with Crippen molar-refractivity contribution < 1.29 is 29.1 Å². The zero-order valence-corrected chi connectivity index (χ0v) is 14.1. The third kappa shape index (κ3) is 2.80. The molecular formula is C18H24NO5+. The van der Waals surface area contributed by atoms with E-state index in [0.29, 0.717) is 5.57 Å². The number of esters is 2. The van der Waals surface area contributed by atoms with Crippen molar-refractivity contribution in [2.24, 2.45) is 0 Å². The maximum Gasteiger partial charge on any atom is 0.342 e. The van der Waals surface area contributed by atoms with Crippen LogP contribution in [-0.4, -0.2) is 54.5 Å². The Bertz CT molecular complexity index is 646. The number of carbonyl (C=O) groups excluding carboxylic acids is 2. The molecule has 0 aromatic rings. The van der Waals surface area contributed by atoms with E-state index in [9.17, 15) is 14.7 Å². The molecule has 0 amide bonds. The van der Waals surface area contributed by atoms with E-state index in [0.717, 1.165) is 25.1 Å². The fourth-order valence-electron chi connectivity index (χ4n) is 3.65. The summed E-state index contributed by atoms with van der Waals surface area (Å²) in [6, 6.07) is 0.0347. The molecule has 0 aromatic heterocycles. The number of hydrogen-bond acceptors (Lipinski definition) is 5. The maximum absolute atomic E-state index is 12.5. The van der Waals surface area contributed by atoms with Crippen LogP contribution in [0.15, 0.2) is 35.5 Å². The van der Waals surface area contributed by atoms with Gasteiger partial charge in [-0.15, -0.1) is 0 Å². The molecule has 0 saturated carbocycles. The first-order valence-corrected chi connectivity index (χ1v) is 8.32. The number of carbonyl (C=O) groups is 2. The van der Waals surface area contributed by atoms with Gasteiger partial charge in [0.1, 0.15) is 6.61 Å². The summed E-state index contributed by atoms with van der Waals surface area (Å²) in [5, 5.41) is 10.5. The molecule has 0 spiro atoms. The topological polar surface area (TPSA) is 77.3 Å². The maximum atomic E-state index is 12.5. The molecule has 0 bridgehead atoms. The fraction of sp³-hybridized carbons (Fsp3) is 0.556. The highest BCUT2D eigenvalue weighted by atomic mass is 16.6. The number of hydrogen-bond donors (Lipinski definition) is 2. The molecule has 24 heavy (non-hydrogen) atoms. The van der Waals surface area contributed by atoms with Gasteiger partial charge < -0.3 is 19.5 Å². The van der Waals surface area contributed by atoms with Crippen LogP contribution in [0.3, 0.4) is 0 Å². The average molecular weight is 334 g/mol. The van der Waals surface area contributed by atoms with E-state index in [1.165, 1.54) is 11.8 Å². The molecule has 0 radical (unpaired) electrons. The number of ether oxygens (including phenoxy) is 2. The number of nitrogens with one attached hydrogen (secondary N) is 1. The molecule has 2 saturated heterocycles. The van der Waals surface area contributed by atoms with Crippen LogP contribution in [0.1, 0.15) is 26.7 Å². The molecule has 3 aliphatic rings. The second-order valence-electron chi connectivity index (χ2n) is 6.84. The molecular weight excluding hydrogens is 310 g/mol. The molecule has 2 fully saturated rings. The van der Waals surface area contributed by atoms with Crippen molar-refractivity contribution in [2.75, 3.05) is 19.7 Å². The molecule has 3 heterocycles. The molecule has 130 valence electrons. The van der Waals surface area contributed by atoms with Crippen molar-refractivity contribution in [1.82, 2.24) is 0 Å². The van der Waals surface area contributed by atoms with Crippen LogP contribution >= 0.6 is 0 Å². The third-order valence-electron chi connectivity index (χ3n) is 5.32. The highest BCUT2D eigenvalue weighted by Crippen LogP contribution is 2.27. The van der Waals surface area contributed by atoms with E-state index in [1.807, 2.05) is 6.08 Å². The third-order valence-corrected chi connectivity index (χ3v) is 5.32. The molecule has 0 aromatic carbocycles. The Hall–Kier alpha value is -1.92. The van der Waals surface area contributed by atoms with Crippen LogP contribution in [0, 0.1) is 0 Å². The van der Waals surface area contributed by atoms with Crippen molar-refractivity contribution in [3.63, 3.8) is 0 Å². The van der Waals surface area contributed by atoms with Crippen LogP contribution in [0.25, 0.3) is 0 Å². The number of allylic oxidation sites excluding steroid dienone is 1. The Balaban J connectivity index is 1.92. The van der Waals surface area contributed by atoms with E-state index in [1.54, 1.807) is 13.0 Å². The Morgan fingerprint density at radius 1 is 1.46 bits per heavy atom. The SMILES string of the molecule is C=C1C/C(=C/C)C(=O)O[C@@H]2CC[NH+]3CC=C(COC(=O)[C@@]1(C)O)[C@@H]23. The lowest BCUT2D eigenvalue weighted by atomic mass is 9.91. The predicted octanol–water partition coefficient (Wildman–Crippen LogP) is -0.304. The van der Waals surface area contributed by atoms with E-state index in [-0.39, 0.29) is 30.7 Å². The smallest absolute Gasteiger partial charge is 0.342 e. The minimum Gasteiger partial charge on any atom is -0.459 e. The van der Waals surface area contributed by atoms with Crippen molar-refractivity contribution in [3.8, 4) is 0 Å². The predicted molar refractivity (Wildman–Crippen MR) is 86.2 cm³/mol. The molecule has 3 aliphatic heterocycles. The zero-order valence-electron chi connectivity index (χ0n) is 14.1. The lowest BCUT2D eigenvalue weighted by molar-refractivity contribution is -0.896. The van der Waals surface area contributed by atoms with Gasteiger partial charge in [0.05, 0.1) is 13.1 Å². The van der Waals surface area contributed by atoms with Gasteiger partial charge in [-0.3, -0.25) is 0 Å². The van der Waals surface area contributed by atoms with Crippen molar-refractivity contribution in [1.29, 1.82) is 0 Å². The van der Waals surface area contributed by atoms with E-state index in [2.05, 4.69) is 6.58 Å². The van der Waals surface area contributed by atoms with Crippen LogP contribution in [0.4, 0.5) is 0 Å². The number of rotatable bonds is 0. The minimum absolute atomic E-state index is 0.0347. The van der Waals surface area contributed by atoms with Gasteiger partial charge in [-0.2, -0.15) is 0 Å². The van der Waals surface area contributed by atoms with E-state index < -0.39 is 17.5 Å². The van der Waals surface area contributed by atoms with Gasteiger partial charge in [-0.1, -0.05) is 12.7 Å². The molecule has 2 N–H and O–H groups in total. The molecule has 6 heteroatoms. The zero-order chi connectivity index (χ0) is 17.5. The summed E-state index contributed by atoms with van der Waals surface area (Å²) in [6.45, 7) is 8.73. The number of cyclic esters (lactones) is 1. The second-order valence-corrected chi connectivity index (χ2v) is 6.84. The summed E-state index contributed by atoms with van der Waals surface area (Å²) >= 11 is 0. The average Bonchev–Trinajstić information content (AvgIpc) is 3.12. The van der Waals surface area contributed by atoms with Crippen molar-refractivity contribution >= 4 is 11.9 Å². The van der Waals surface area contributed by atoms with Crippen molar-refractivity contribution in [3.05, 3.63) is 35.5 Å². The van der Waals surface area contributed by atoms with Gasteiger partial charge in [0.15, 0.2) is 17.7 Å². The summed E-state index contributed by atoms with van der Waals surface area (Å²) in [4.78, 5) is 26.1. The summed E-state index contributed by atoms with van der Waals surface area (Å²) in [5.74, 6) is -1.14. The van der Waals surface area contributed by atoms with Crippen LogP contribution in [-0.2, 0) is 19.1 Å². The second kappa shape index (κ2) is 6.18. The summed E-state index contributed by atoms with van der Waals surface area (Å²) in [6.07, 6.45) is 4.36. The van der Waals surface area contributed by atoms with Crippen molar-refractivity contribution in [2.45, 2.75) is 44.4 Å². The van der Waals surface area contributed by atoms with Gasteiger partial charge >= 0.3 is 11.9 Å². The summed E-state index contributed by atoms with van der Waals surface area (Å²) < 4.78 is 11.1. The van der Waals surface area contributed by atoms with Gasteiger partial charge in [0, 0.05) is 24.0 Å². The minimum atomic E-state index is -1.84. The van der Waals surface area contributed by atoms with Gasteiger partial charge in [0.25, 0.3) is 0 Å². The lowest BCUT2D eigenvalue weighted by Crippen LogP contribution is -3.12. The summed E-state index contributed by atoms with van der Waals surface area (Å²) in [7, 11) is 0. The van der Waals surface area contributed by atoms with E-state index >= 15 is 0 Å². The quantitative estimate of drug-likeness (QED) is 0.361. The molecule has 4 atom stereocenters. The standard InChI is InChI=1S/C18H23NO5/c1-4-12-9-11(2)18(3,22)17(21)23-10-13-5-7-19-8-6-14(15(13)19)24-16(12)20/h4-5,14-15,22H,2,6-10H2,1,3H3/p+1/b12-4-/t14-,15+,18+/m1/s1. The molecule has 1 unspecified atom stereocenters. The Morgan fingerprint density at radius 2 is 2.21 bits per heavy atom. The molecule has 3 rings (SSSR count). The van der Waals surface area contributed by atoms with Crippen LogP contribution in [0.5, 0.6) is 0 Å². The van der Waals surface area contributed by atoms with E-state index in [4.69, 9.17) is 9.47 Å². The highest BCUT2D eigenvalue weighted by Gasteiger charge is 2.47. The Kier molecular flexibility index (Phi) is 4.36. The number of aliphatic hydroxyl groups is 1. The fourth-order valence-corrected chi connectivity index (χ4v) is 3.65. The molecule has 6 nitrogen and oxygen atoms in total. The van der Waals surface area contributed by atoms with Gasteiger partial charge in [-0.05, 0) is 25.5 Å². The first-order valence-electron chi connectivity index (χ1n) is 8.32. The monoisotopic (exact) mass is 334 g/mol. The van der Waals surface area contributed by atoms with Crippen LogP contribution in [0.2, 0.25) is 0 Å². The first kappa shape index (κ1) is 16.9. The molecule has 0 aliphatic carbocycles. The van der Waals surface area contributed by atoms with Crippen LogP contribution < -0.4 is 4.90 Å². The summed E-state index contributed by atoms with van der Waals surface area (Å²) in [5.41, 5.74) is -0.272. The van der Waals surface area contributed by atoms with Gasteiger partial charge in [0.2, 0.25) is 0 Å². The Morgan fingerprint density at radius 3 is 2.92 bits per heavy atom. The largest absolute Gasteiger partial charge is 0.459 e. The Labute approximate surface area is 141 Å². The number of quaternary nitrogens is 1. The first-order chi connectivity index (χ1) is 11.3. The normalized spacial score (nSPS) is 38.8. The van der Waals surface area contributed by atoms with Gasteiger partial charge in [-0.25, -0.2) is 9.59 Å². The highest BCUT2D eigenvalue weighted by molar-refractivity contribution is 5.90.